The van der Waals surface area contributed by atoms with Crippen LogP contribution in [0.25, 0.3) is 0 Å². The number of hydrogen-bond acceptors (Lipinski definition) is 13. The molecule has 314 valence electrons. The molecule has 0 aliphatic carbocycles. The van der Waals surface area contributed by atoms with E-state index >= 15 is 0 Å². The molecule has 0 radical (unpaired) electrons. The lowest BCUT2D eigenvalue weighted by molar-refractivity contribution is -0.137. The summed E-state index contributed by atoms with van der Waals surface area (Å²) in [5.74, 6) is 1.01. The molecule has 3 aromatic heterocycles. The molecule has 6 rings (SSSR count). The molecular formula is C39H53N9O7S3. The van der Waals surface area contributed by atoms with E-state index in [-0.39, 0.29) is 47.4 Å². The van der Waals surface area contributed by atoms with Gasteiger partial charge < -0.3 is 30.6 Å². The van der Waals surface area contributed by atoms with Crippen molar-refractivity contribution in [3.8, 4) is 0 Å². The fourth-order valence-electron chi connectivity index (χ4n) is 6.99. The Morgan fingerprint density at radius 3 is 2.40 bits per heavy atom. The van der Waals surface area contributed by atoms with Gasteiger partial charge in [0.15, 0.2) is 5.13 Å². The molecule has 5 N–H and O–H groups in total. The maximum Gasteiger partial charge on any atom is 0.315 e. The molecule has 0 spiro atoms. The maximum atomic E-state index is 12.9. The van der Waals surface area contributed by atoms with Gasteiger partial charge in [-0.25, -0.2) is 14.8 Å². The van der Waals surface area contributed by atoms with Gasteiger partial charge in [-0.1, -0.05) is 51.4 Å². The number of oxazole rings is 1. The number of fused-ring (bicyclic) bond motifs is 1. The van der Waals surface area contributed by atoms with Crippen LogP contribution in [-0.4, -0.2) is 94.1 Å². The van der Waals surface area contributed by atoms with Crippen molar-refractivity contribution in [3.05, 3.63) is 45.4 Å². The first kappa shape index (κ1) is 43.3. The second-order valence-electron chi connectivity index (χ2n) is 15.9. The van der Waals surface area contributed by atoms with Crippen molar-refractivity contribution in [1.82, 2.24) is 41.0 Å². The lowest BCUT2D eigenvalue weighted by Crippen LogP contribution is -2.52. The standard InChI is InChI=1S/C39H53N9O7S3/c1-39(2,3)28-19-42-31(55-28)23-56-32-20-44-38(58-32)46-34(51)24-11-15-47(16-12-24)22-30(50)40-13-7-5-4-6-8-14-41-37(54)43-18-26-17-25-21-48(36(53)33(25)57-26)27-9-10-29(49)45-35(27)52/h17,19-20,24,27H,4-16,18,21-23H2,1-3H3,(H,40,50)(H2,41,43,54)(H,44,46,51)(H,45,49,52). The number of nitrogens with zero attached hydrogens (tertiary/aromatic N) is 4. The average molecular weight is 856 g/mol. The molecule has 7 amide bonds. The van der Waals surface area contributed by atoms with Crippen molar-refractivity contribution in [2.75, 3.05) is 38.0 Å². The highest BCUT2D eigenvalue weighted by Gasteiger charge is 2.40. The van der Waals surface area contributed by atoms with Gasteiger partial charge in [-0.3, -0.25) is 34.2 Å². The highest BCUT2D eigenvalue weighted by Crippen LogP contribution is 2.34. The third-order valence-electron chi connectivity index (χ3n) is 10.3. The number of likely N-dealkylation sites (tertiary alicyclic amines) is 1. The molecule has 0 bridgehead atoms. The minimum absolute atomic E-state index is 0.00160. The molecule has 2 saturated heterocycles. The number of nitrogens with one attached hydrogen (secondary N) is 5. The van der Waals surface area contributed by atoms with E-state index < -0.39 is 11.9 Å². The van der Waals surface area contributed by atoms with Gasteiger partial charge in [0.25, 0.3) is 5.91 Å². The van der Waals surface area contributed by atoms with Gasteiger partial charge in [-0.15, -0.1) is 23.1 Å². The normalized spacial score (nSPS) is 17.6. The van der Waals surface area contributed by atoms with Crippen molar-refractivity contribution >= 4 is 75.1 Å². The van der Waals surface area contributed by atoms with E-state index in [1.165, 1.54) is 27.6 Å². The van der Waals surface area contributed by atoms with Crippen LogP contribution in [-0.2, 0) is 43.4 Å². The minimum Gasteiger partial charge on any atom is -0.444 e. The second-order valence-corrected chi connectivity index (χ2v) is 19.3. The molecule has 3 aliphatic rings. The fraction of sp³-hybridized carbons (Fsp3) is 0.590. The third kappa shape index (κ3) is 12.1. The van der Waals surface area contributed by atoms with Gasteiger partial charge in [-0.2, -0.15) is 0 Å². The van der Waals surface area contributed by atoms with E-state index in [0.717, 1.165) is 52.5 Å². The van der Waals surface area contributed by atoms with E-state index in [9.17, 15) is 28.8 Å². The molecule has 58 heavy (non-hydrogen) atoms. The average Bonchev–Trinajstić information content (AvgIpc) is 3.99. The molecule has 1 atom stereocenters. The number of thioether (sulfide) groups is 1. The number of thiophene rings is 1. The molecule has 19 heteroatoms. The number of thiazole rings is 1. The largest absolute Gasteiger partial charge is 0.444 e. The molecule has 0 aromatic carbocycles. The van der Waals surface area contributed by atoms with Crippen LogP contribution in [0.15, 0.2) is 27.1 Å². The number of carbonyl (C=O) groups excluding carboxylic acids is 6. The van der Waals surface area contributed by atoms with Gasteiger partial charge >= 0.3 is 6.03 Å². The summed E-state index contributed by atoms with van der Waals surface area (Å²) in [5.41, 5.74) is 0.745. The summed E-state index contributed by atoms with van der Waals surface area (Å²) >= 11 is 4.33. The molecule has 3 aliphatic heterocycles. The number of imide groups is 1. The third-order valence-corrected chi connectivity index (χ3v) is 13.6. The summed E-state index contributed by atoms with van der Waals surface area (Å²) in [7, 11) is 0. The Hall–Kier alpha value is -4.33. The fourth-order valence-corrected chi connectivity index (χ4v) is 9.78. The zero-order valence-electron chi connectivity index (χ0n) is 33.3. The summed E-state index contributed by atoms with van der Waals surface area (Å²) in [6.45, 7) is 9.75. The number of hydrogen-bond donors (Lipinski definition) is 5. The van der Waals surface area contributed by atoms with E-state index in [2.05, 4.69) is 62.2 Å². The number of rotatable bonds is 18. The zero-order valence-corrected chi connectivity index (χ0v) is 35.7. The molecule has 6 heterocycles. The summed E-state index contributed by atoms with van der Waals surface area (Å²) in [4.78, 5) is 88.2. The summed E-state index contributed by atoms with van der Waals surface area (Å²) in [6, 6.07) is 0.988. The molecule has 2 fully saturated rings. The van der Waals surface area contributed by atoms with E-state index in [0.29, 0.717) is 86.7 Å². The maximum absolute atomic E-state index is 12.9. The lowest BCUT2D eigenvalue weighted by atomic mass is 9.94. The number of anilines is 1. The zero-order chi connectivity index (χ0) is 41.2. The molecule has 1 unspecified atom stereocenters. The number of piperidine rings is 2. The molecular weight excluding hydrogens is 803 g/mol. The van der Waals surface area contributed by atoms with Gasteiger partial charge in [0, 0.05) is 42.3 Å². The lowest BCUT2D eigenvalue weighted by Gasteiger charge is -2.30. The first-order valence-corrected chi connectivity index (χ1v) is 22.6. The van der Waals surface area contributed by atoms with Gasteiger partial charge in [0.05, 0.1) is 40.3 Å². The summed E-state index contributed by atoms with van der Waals surface area (Å²) in [5, 5.41) is 14.6. The molecule has 0 saturated carbocycles. The van der Waals surface area contributed by atoms with E-state index in [4.69, 9.17) is 4.42 Å². The minimum atomic E-state index is -0.635. The van der Waals surface area contributed by atoms with Crippen molar-refractivity contribution in [3.63, 3.8) is 0 Å². The van der Waals surface area contributed by atoms with Crippen molar-refractivity contribution < 1.29 is 33.2 Å². The van der Waals surface area contributed by atoms with Crippen LogP contribution in [0.3, 0.4) is 0 Å². The predicted octanol–water partition coefficient (Wildman–Crippen LogP) is 4.76. The van der Waals surface area contributed by atoms with Crippen LogP contribution in [0.2, 0.25) is 0 Å². The Bertz CT molecular complexity index is 1950. The second kappa shape index (κ2) is 20.1. The highest BCUT2D eigenvalue weighted by molar-refractivity contribution is 8.00. The summed E-state index contributed by atoms with van der Waals surface area (Å²) in [6.07, 6.45) is 10.1. The Balaban J connectivity index is 0.747. The van der Waals surface area contributed by atoms with Crippen LogP contribution in [0, 0.1) is 5.92 Å². The van der Waals surface area contributed by atoms with Crippen molar-refractivity contribution in [2.24, 2.45) is 5.92 Å². The number of urea groups is 1. The predicted molar refractivity (Wildman–Crippen MR) is 221 cm³/mol. The number of amides is 7. The highest BCUT2D eigenvalue weighted by atomic mass is 32.2. The van der Waals surface area contributed by atoms with Gasteiger partial charge in [-0.05, 0) is 56.8 Å². The quantitative estimate of drug-likeness (QED) is 0.0670. The van der Waals surface area contributed by atoms with Crippen LogP contribution in [0.4, 0.5) is 9.93 Å². The first-order valence-electron chi connectivity index (χ1n) is 19.9. The topological polar surface area (TPSA) is 208 Å². The smallest absolute Gasteiger partial charge is 0.315 e. The van der Waals surface area contributed by atoms with E-state index in [1.54, 1.807) is 24.2 Å². The number of unbranched alkanes of at least 4 members (excludes halogenated alkanes) is 4. The van der Waals surface area contributed by atoms with Crippen molar-refractivity contribution in [1.29, 1.82) is 0 Å². The summed E-state index contributed by atoms with van der Waals surface area (Å²) < 4.78 is 6.84. The monoisotopic (exact) mass is 855 g/mol. The first-order chi connectivity index (χ1) is 27.8. The number of aromatic nitrogens is 2. The van der Waals surface area contributed by atoms with Gasteiger partial charge in [0.2, 0.25) is 29.5 Å². The Morgan fingerprint density at radius 1 is 0.948 bits per heavy atom. The van der Waals surface area contributed by atoms with Crippen molar-refractivity contribution in [2.45, 2.75) is 113 Å². The van der Waals surface area contributed by atoms with Crippen LogP contribution in [0.1, 0.15) is 110 Å². The Kier molecular flexibility index (Phi) is 15.0. The van der Waals surface area contributed by atoms with Crippen LogP contribution >= 0.6 is 34.4 Å². The van der Waals surface area contributed by atoms with E-state index in [1.807, 2.05) is 6.07 Å². The Morgan fingerprint density at radius 2 is 1.69 bits per heavy atom. The molecule has 3 aromatic rings. The SMILES string of the molecule is CC(C)(C)c1cnc(CSc2cnc(NC(=O)C3CCN(CC(=O)NCCCCCCCNC(=O)NCc4cc5c(s4)C(=O)N(C4CCC(=O)NC4=O)C5)CC3)s2)o1. The van der Waals surface area contributed by atoms with Gasteiger partial charge in [0.1, 0.15) is 11.8 Å². The van der Waals surface area contributed by atoms with Crippen LogP contribution < -0.4 is 26.6 Å². The Labute approximate surface area is 350 Å². The number of carbonyl (C=O) groups is 6. The van der Waals surface area contributed by atoms with Crippen LogP contribution in [0.5, 0.6) is 0 Å². The molecule has 16 nitrogen and oxygen atoms in total.